The van der Waals surface area contributed by atoms with Crippen LogP contribution in [-0.2, 0) is 4.74 Å². The van der Waals surface area contributed by atoms with E-state index in [9.17, 15) is 0 Å². The van der Waals surface area contributed by atoms with Crippen LogP contribution in [0.1, 0.15) is 0 Å². The highest BCUT2D eigenvalue weighted by molar-refractivity contribution is 5.40. The highest BCUT2D eigenvalue weighted by atomic mass is 16.5. The Morgan fingerprint density at radius 2 is 1.79 bits per heavy atom. The van der Waals surface area contributed by atoms with Gasteiger partial charge in [0.2, 0.25) is 0 Å². The molecule has 4 nitrogen and oxygen atoms in total. The van der Waals surface area contributed by atoms with Gasteiger partial charge in [0.25, 0.3) is 0 Å². The molecule has 1 fully saturated rings. The molecule has 4 heteroatoms. The number of morpholine rings is 1. The van der Waals surface area contributed by atoms with Gasteiger partial charge in [0.15, 0.2) is 0 Å². The van der Waals surface area contributed by atoms with Gasteiger partial charge in [0.05, 0.1) is 18.9 Å². The molecule has 1 aromatic carbocycles. The fourth-order valence-electron chi connectivity index (χ4n) is 1.34. The van der Waals surface area contributed by atoms with Crippen molar-refractivity contribution in [2.24, 2.45) is 0 Å². The van der Waals surface area contributed by atoms with Crippen molar-refractivity contribution in [2.45, 2.75) is 0 Å². The lowest BCUT2D eigenvalue weighted by molar-refractivity contribution is 0.0169. The van der Waals surface area contributed by atoms with E-state index in [2.05, 4.69) is 16.0 Å². The molecule has 1 aliphatic rings. The number of hydrazine groups is 2. The molecule has 2 rings (SSSR count). The number of ether oxygens (including phenoxy) is 1. The molecule has 0 aromatic heterocycles. The first-order valence-corrected chi connectivity index (χ1v) is 4.84. The maximum Gasteiger partial charge on any atom is 0.0608 e. The third kappa shape index (κ3) is 2.70. The van der Waals surface area contributed by atoms with Crippen molar-refractivity contribution in [3.05, 3.63) is 30.3 Å². The van der Waals surface area contributed by atoms with E-state index in [1.807, 2.05) is 30.3 Å². The molecule has 2 N–H and O–H groups in total. The first-order valence-electron chi connectivity index (χ1n) is 4.84. The maximum absolute atomic E-state index is 5.24. The molecule has 1 aliphatic heterocycles. The Kier molecular flexibility index (Phi) is 3.34. The number of anilines is 1. The average molecular weight is 193 g/mol. The van der Waals surface area contributed by atoms with Crippen molar-refractivity contribution in [1.29, 1.82) is 0 Å². The molecule has 0 bridgehead atoms. The molecule has 0 atom stereocenters. The number of hydrogen-bond acceptors (Lipinski definition) is 4. The van der Waals surface area contributed by atoms with Crippen LogP contribution in [0.25, 0.3) is 0 Å². The number of rotatable bonds is 3. The van der Waals surface area contributed by atoms with Gasteiger partial charge < -0.3 is 10.2 Å². The van der Waals surface area contributed by atoms with E-state index in [0.717, 1.165) is 32.0 Å². The van der Waals surface area contributed by atoms with Crippen molar-refractivity contribution >= 4 is 5.69 Å². The third-order valence-electron chi connectivity index (χ3n) is 2.14. The summed E-state index contributed by atoms with van der Waals surface area (Å²) in [5.41, 5.74) is 7.34. The van der Waals surface area contributed by atoms with E-state index in [1.165, 1.54) is 0 Å². The van der Waals surface area contributed by atoms with Gasteiger partial charge >= 0.3 is 0 Å². The summed E-state index contributed by atoms with van der Waals surface area (Å²) in [5, 5.41) is 2.11. The second-order valence-electron chi connectivity index (χ2n) is 3.20. The normalized spacial score (nSPS) is 18.0. The second kappa shape index (κ2) is 4.95. The zero-order valence-corrected chi connectivity index (χ0v) is 8.07. The summed E-state index contributed by atoms with van der Waals surface area (Å²) in [4.78, 5) is 0. The van der Waals surface area contributed by atoms with Crippen LogP contribution in [0, 0.1) is 0 Å². The van der Waals surface area contributed by atoms with E-state index in [-0.39, 0.29) is 0 Å². The van der Waals surface area contributed by atoms with Gasteiger partial charge in [0, 0.05) is 13.1 Å². The molecule has 0 saturated carbocycles. The molecular formula is C10H15N3O. The second-order valence-corrected chi connectivity index (χ2v) is 3.20. The number of benzene rings is 1. The molecule has 1 heterocycles. The van der Waals surface area contributed by atoms with Crippen molar-refractivity contribution < 1.29 is 4.74 Å². The summed E-state index contributed by atoms with van der Waals surface area (Å²) >= 11 is 0. The van der Waals surface area contributed by atoms with Crippen LogP contribution in [-0.4, -0.2) is 31.3 Å². The van der Waals surface area contributed by atoms with Crippen molar-refractivity contribution in [2.75, 3.05) is 31.7 Å². The average Bonchev–Trinajstić information content (AvgIpc) is 2.29. The Labute approximate surface area is 83.8 Å². The maximum atomic E-state index is 5.24. The summed E-state index contributed by atoms with van der Waals surface area (Å²) in [5.74, 6) is 0. The predicted molar refractivity (Wildman–Crippen MR) is 55.6 cm³/mol. The lowest BCUT2D eigenvalue weighted by Gasteiger charge is -2.27. The number of para-hydroxylation sites is 1. The summed E-state index contributed by atoms with van der Waals surface area (Å²) < 4.78 is 5.24. The van der Waals surface area contributed by atoms with E-state index < -0.39 is 0 Å². The molecule has 0 radical (unpaired) electrons. The predicted octanol–water partition coefficient (Wildman–Crippen LogP) is 0.850. The zero-order valence-electron chi connectivity index (χ0n) is 8.07. The molecule has 0 aliphatic carbocycles. The molecule has 1 saturated heterocycles. The van der Waals surface area contributed by atoms with E-state index in [4.69, 9.17) is 4.74 Å². The van der Waals surface area contributed by atoms with Crippen molar-refractivity contribution in [1.82, 2.24) is 10.5 Å². The summed E-state index contributed by atoms with van der Waals surface area (Å²) in [6, 6.07) is 10.0. The van der Waals surface area contributed by atoms with E-state index >= 15 is 0 Å². The summed E-state index contributed by atoms with van der Waals surface area (Å²) in [6.45, 7) is 3.42. The lowest BCUT2D eigenvalue weighted by Crippen LogP contribution is -2.48. The largest absolute Gasteiger partial charge is 0.379 e. The topological polar surface area (TPSA) is 36.5 Å². The van der Waals surface area contributed by atoms with Gasteiger partial charge in [-0.25, -0.2) is 5.01 Å². The highest BCUT2D eigenvalue weighted by Gasteiger charge is 2.08. The van der Waals surface area contributed by atoms with Gasteiger partial charge in [-0.3, -0.25) is 0 Å². The van der Waals surface area contributed by atoms with Gasteiger partial charge in [-0.05, 0) is 12.1 Å². The van der Waals surface area contributed by atoms with Gasteiger partial charge in [-0.2, -0.15) is 5.53 Å². The standard InChI is InChI=1S/C10H15N3O/c1-2-4-10(5-3-1)11-12-13-6-8-14-9-7-13/h1-5,11-12H,6-9H2. The lowest BCUT2D eigenvalue weighted by atomic mass is 10.3. The van der Waals surface area contributed by atoms with Crippen LogP contribution in [0.3, 0.4) is 0 Å². The molecule has 0 amide bonds. The molecule has 1 aromatic rings. The van der Waals surface area contributed by atoms with Crippen LogP contribution in [0.2, 0.25) is 0 Å². The van der Waals surface area contributed by atoms with Gasteiger partial charge in [-0.15, -0.1) is 0 Å². The molecule has 0 unspecified atom stereocenters. The Morgan fingerprint density at radius 3 is 2.50 bits per heavy atom. The Morgan fingerprint density at radius 1 is 1.07 bits per heavy atom. The Bertz CT molecular complexity index is 259. The fourth-order valence-corrected chi connectivity index (χ4v) is 1.34. The minimum atomic E-state index is 0.795. The van der Waals surface area contributed by atoms with E-state index in [0.29, 0.717) is 0 Å². The van der Waals surface area contributed by atoms with Crippen LogP contribution in [0.4, 0.5) is 5.69 Å². The van der Waals surface area contributed by atoms with E-state index in [1.54, 1.807) is 0 Å². The van der Waals surface area contributed by atoms with Crippen LogP contribution < -0.4 is 11.0 Å². The molecule has 76 valence electrons. The third-order valence-corrected chi connectivity index (χ3v) is 2.14. The molecule has 14 heavy (non-hydrogen) atoms. The first kappa shape index (κ1) is 9.45. The van der Waals surface area contributed by atoms with Crippen molar-refractivity contribution in [3.8, 4) is 0 Å². The smallest absolute Gasteiger partial charge is 0.0608 e. The monoisotopic (exact) mass is 193 g/mol. The summed E-state index contributed by atoms with van der Waals surface area (Å²) in [7, 11) is 0. The number of hydrogen-bond donors (Lipinski definition) is 2. The minimum Gasteiger partial charge on any atom is -0.379 e. The van der Waals surface area contributed by atoms with Gasteiger partial charge in [-0.1, -0.05) is 18.2 Å². The Balaban J connectivity index is 1.76. The van der Waals surface area contributed by atoms with Crippen LogP contribution in [0.5, 0.6) is 0 Å². The zero-order chi connectivity index (χ0) is 9.64. The number of nitrogens with one attached hydrogen (secondary N) is 2. The highest BCUT2D eigenvalue weighted by Crippen LogP contribution is 2.03. The first-order chi connectivity index (χ1) is 6.95. The van der Waals surface area contributed by atoms with Gasteiger partial charge in [0.1, 0.15) is 0 Å². The van der Waals surface area contributed by atoms with Crippen LogP contribution in [0.15, 0.2) is 30.3 Å². The van der Waals surface area contributed by atoms with Crippen LogP contribution >= 0.6 is 0 Å². The van der Waals surface area contributed by atoms with Crippen molar-refractivity contribution in [3.63, 3.8) is 0 Å². The number of nitrogens with zero attached hydrogens (tertiary/aromatic N) is 1. The molecular weight excluding hydrogens is 178 g/mol. The SMILES string of the molecule is c1ccc(NNN2CCOCC2)cc1. The molecule has 0 spiro atoms. The Hall–Kier alpha value is -1.10. The summed E-state index contributed by atoms with van der Waals surface area (Å²) in [6.07, 6.45) is 0. The fraction of sp³-hybridized carbons (Fsp3) is 0.400. The minimum absolute atomic E-state index is 0.795. The quantitative estimate of drug-likeness (QED) is 0.698.